The van der Waals surface area contributed by atoms with Crippen molar-refractivity contribution in [1.29, 1.82) is 0 Å². The first-order valence-corrected chi connectivity index (χ1v) is 8.33. The van der Waals surface area contributed by atoms with Gasteiger partial charge in [-0.05, 0) is 47.7 Å². The summed E-state index contributed by atoms with van der Waals surface area (Å²) in [7, 11) is 1.48. The highest BCUT2D eigenvalue weighted by Gasteiger charge is 2.13. The second kappa shape index (κ2) is 8.99. The molecule has 2 aromatic carbocycles. The lowest BCUT2D eigenvalue weighted by molar-refractivity contribution is -0.121. The van der Waals surface area contributed by atoms with Gasteiger partial charge < -0.3 is 15.2 Å². The molecule has 1 amide bonds. The highest BCUT2D eigenvalue weighted by molar-refractivity contribution is 5.88. The molecule has 0 saturated heterocycles. The van der Waals surface area contributed by atoms with Gasteiger partial charge in [0, 0.05) is 13.0 Å². The number of hydrogen-bond donors (Lipinski definition) is 2. The van der Waals surface area contributed by atoms with E-state index in [1.807, 2.05) is 6.92 Å². The number of nitrogens with one attached hydrogen (secondary N) is 1. The van der Waals surface area contributed by atoms with E-state index in [0.29, 0.717) is 18.7 Å². The highest BCUT2D eigenvalue weighted by Crippen LogP contribution is 2.21. The highest BCUT2D eigenvalue weighted by atomic mass is 19.1. The van der Waals surface area contributed by atoms with E-state index in [-0.39, 0.29) is 29.6 Å². The van der Waals surface area contributed by atoms with Crippen LogP contribution >= 0.6 is 0 Å². The fourth-order valence-electron chi connectivity index (χ4n) is 2.70. The molecule has 0 aromatic heterocycles. The van der Waals surface area contributed by atoms with Crippen molar-refractivity contribution < 1.29 is 23.8 Å². The van der Waals surface area contributed by atoms with Gasteiger partial charge in [0.05, 0.1) is 12.7 Å². The Kier molecular flexibility index (Phi) is 6.72. The van der Waals surface area contributed by atoms with Crippen molar-refractivity contribution in [2.24, 2.45) is 0 Å². The van der Waals surface area contributed by atoms with Gasteiger partial charge >= 0.3 is 5.97 Å². The number of aromatic carboxylic acids is 1. The van der Waals surface area contributed by atoms with Gasteiger partial charge in [-0.25, -0.2) is 9.18 Å². The molecule has 2 aromatic rings. The number of methoxy groups -OCH3 is 1. The number of ether oxygens (including phenoxy) is 1. The summed E-state index contributed by atoms with van der Waals surface area (Å²) in [5.41, 5.74) is 1.75. The first-order valence-electron chi connectivity index (χ1n) is 8.33. The molecule has 0 heterocycles. The molecule has 1 atom stereocenters. The van der Waals surface area contributed by atoms with Crippen LogP contribution in [0.25, 0.3) is 0 Å². The summed E-state index contributed by atoms with van der Waals surface area (Å²) in [4.78, 5) is 23.1. The second-order valence-corrected chi connectivity index (χ2v) is 6.09. The minimum absolute atomic E-state index is 0.0879. The van der Waals surface area contributed by atoms with Crippen LogP contribution in [-0.4, -0.2) is 30.6 Å². The van der Waals surface area contributed by atoms with Crippen molar-refractivity contribution in [3.63, 3.8) is 0 Å². The maximum absolute atomic E-state index is 13.3. The summed E-state index contributed by atoms with van der Waals surface area (Å²) in [5, 5.41) is 11.8. The maximum Gasteiger partial charge on any atom is 0.335 e. The van der Waals surface area contributed by atoms with Gasteiger partial charge in [0.1, 0.15) is 11.6 Å². The van der Waals surface area contributed by atoms with E-state index in [2.05, 4.69) is 5.32 Å². The summed E-state index contributed by atoms with van der Waals surface area (Å²) < 4.78 is 18.5. The van der Waals surface area contributed by atoms with Gasteiger partial charge in [-0.15, -0.1) is 0 Å². The lowest BCUT2D eigenvalue weighted by atomic mass is 9.97. The fourth-order valence-corrected chi connectivity index (χ4v) is 2.70. The van der Waals surface area contributed by atoms with E-state index in [4.69, 9.17) is 9.84 Å². The molecule has 138 valence electrons. The number of carboxylic acid groups (broad SMARTS) is 1. The molecule has 1 unspecified atom stereocenters. The van der Waals surface area contributed by atoms with Crippen LogP contribution in [0.4, 0.5) is 4.39 Å². The smallest absolute Gasteiger partial charge is 0.335 e. The van der Waals surface area contributed by atoms with Gasteiger partial charge in [0.25, 0.3) is 0 Å². The molecule has 0 aliphatic carbocycles. The maximum atomic E-state index is 13.3. The summed E-state index contributed by atoms with van der Waals surface area (Å²) in [6.45, 7) is 2.28. The third kappa shape index (κ3) is 5.31. The Morgan fingerprint density at radius 2 is 2.00 bits per heavy atom. The van der Waals surface area contributed by atoms with Crippen LogP contribution in [0, 0.1) is 5.82 Å². The van der Waals surface area contributed by atoms with Crippen LogP contribution in [0.5, 0.6) is 5.75 Å². The molecule has 0 saturated carbocycles. The number of amides is 1. The molecule has 0 bridgehead atoms. The quantitative estimate of drug-likeness (QED) is 0.758. The number of halogens is 1. The topological polar surface area (TPSA) is 75.6 Å². The fraction of sp³-hybridized carbons (Fsp3) is 0.300. The van der Waals surface area contributed by atoms with Crippen LogP contribution in [0.3, 0.4) is 0 Å². The normalized spacial score (nSPS) is 11.7. The third-order valence-corrected chi connectivity index (χ3v) is 4.16. The van der Waals surface area contributed by atoms with Gasteiger partial charge in [0.15, 0.2) is 0 Å². The molecule has 26 heavy (non-hydrogen) atoms. The Morgan fingerprint density at radius 3 is 2.65 bits per heavy atom. The van der Waals surface area contributed by atoms with E-state index in [0.717, 1.165) is 11.1 Å². The Hall–Kier alpha value is -2.89. The first kappa shape index (κ1) is 19.4. The van der Waals surface area contributed by atoms with E-state index >= 15 is 0 Å². The lowest BCUT2D eigenvalue weighted by Crippen LogP contribution is -2.26. The molecule has 0 aliphatic rings. The van der Waals surface area contributed by atoms with Gasteiger partial charge in [-0.1, -0.05) is 25.1 Å². The van der Waals surface area contributed by atoms with Gasteiger partial charge in [0.2, 0.25) is 5.91 Å². The van der Waals surface area contributed by atoms with Gasteiger partial charge in [-0.2, -0.15) is 0 Å². The minimum atomic E-state index is -1.02. The van der Waals surface area contributed by atoms with Crippen LogP contribution in [-0.2, 0) is 11.2 Å². The average molecular weight is 359 g/mol. The number of carbonyl (C=O) groups is 2. The molecule has 0 spiro atoms. The van der Waals surface area contributed by atoms with Crippen molar-refractivity contribution >= 4 is 11.9 Å². The van der Waals surface area contributed by atoms with Crippen LogP contribution in [0.2, 0.25) is 0 Å². The van der Waals surface area contributed by atoms with Crippen LogP contribution in [0.15, 0.2) is 42.5 Å². The van der Waals surface area contributed by atoms with Gasteiger partial charge in [-0.3, -0.25) is 4.79 Å². The summed E-state index contributed by atoms with van der Waals surface area (Å²) >= 11 is 0. The molecule has 0 aliphatic heterocycles. The van der Waals surface area contributed by atoms with Crippen molar-refractivity contribution in [1.82, 2.24) is 5.32 Å². The average Bonchev–Trinajstić information content (AvgIpc) is 2.61. The Balaban J connectivity index is 1.87. The van der Waals surface area contributed by atoms with Crippen LogP contribution in [0.1, 0.15) is 40.7 Å². The molecule has 0 fully saturated rings. The predicted octanol–water partition coefficient (Wildman–Crippen LogP) is 3.39. The van der Waals surface area contributed by atoms with Crippen molar-refractivity contribution in [2.45, 2.75) is 25.7 Å². The van der Waals surface area contributed by atoms with E-state index in [1.54, 1.807) is 18.2 Å². The number of benzene rings is 2. The Bertz CT molecular complexity index is 791. The standard InChI is InChI=1S/C20H22FNO4/c1-13(15-4-3-5-17(21)11-15)10-19(23)22-9-8-14-6-7-16(20(24)25)12-18(14)26-2/h3-7,11-13H,8-10H2,1-2H3,(H,22,23)(H,24,25). The molecule has 2 N–H and O–H groups in total. The molecule has 6 heteroatoms. The van der Waals surface area contributed by atoms with Crippen molar-refractivity contribution in [3.05, 3.63) is 65.0 Å². The molecule has 0 radical (unpaired) electrons. The molecule has 2 rings (SSSR count). The largest absolute Gasteiger partial charge is 0.496 e. The zero-order valence-electron chi connectivity index (χ0n) is 14.8. The molecular formula is C20H22FNO4. The lowest BCUT2D eigenvalue weighted by Gasteiger charge is -2.13. The number of carbonyl (C=O) groups excluding carboxylic acids is 1. The monoisotopic (exact) mass is 359 g/mol. The van der Waals surface area contributed by atoms with Crippen molar-refractivity contribution in [3.8, 4) is 5.75 Å². The third-order valence-electron chi connectivity index (χ3n) is 4.16. The van der Waals surface area contributed by atoms with Crippen LogP contribution < -0.4 is 10.1 Å². The number of hydrogen-bond acceptors (Lipinski definition) is 3. The van der Waals surface area contributed by atoms with E-state index < -0.39 is 5.97 Å². The summed E-state index contributed by atoms with van der Waals surface area (Å²) in [6.07, 6.45) is 0.779. The zero-order chi connectivity index (χ0) is 19.1. The summed E-state index contributed by atoms with van der Waals surface area (Å²) in [5.74, 6) is -1.06. The SMILES string of the molecule is COc1cc(C(=O)O)ccc1CCNC(=O)CC(C)c1cccc(F)c1. The Labute approximate surface area is 151 Å². The van der Waals surface area contributed by atoms with E-state index in [1.165, 1.54) is 31.4 Å². The zero-order valence-corrected chi connectivity index (χ0v) is 14.8. The predicted molar refractivity (Wildman–Crippen MR) is 96.1 cm³/mol. The second-order valence-electron chi connectivity index (χ2n) is 6.09. The number of carboxylic acids is 1. The summed E-state index contributed by atoms with van der Waals surface area (Å²) in [6, 6.07) is 10.9. The minimum Gasteiger partial charge on any atom is -0.496 e. The molecule has 5 nitrogen and oxygen atoms in total. The molecular weight excluding hydrogens is 337 g/mol. The number of rotatable bonds is 8. The van der Waals surface area contributed by atoms with Crippen molar-refractivity contribution in [2.75, 3.05) is 13.7 Å². The Morgan fingerprint density at radius 1 is 1.23 bits per heavy atom. The first-order chi connectivity index (χ1) is 12.4. The van der Waals surface area contributed by atoms with E-state index in [9.17, 15) is 14.0 Å².